The van der Waals surface area contributed by atoms with Gasteiger partial charge in [0, 0.05) is 23.9 Å². The average molecular weight is 340 g/mol. The molecule has 2 aromatic rings. The lowest BCUT2D eigenvalue weighted by Crippen LogP contribution is -2.25. The predicted molar refractivity (Wildman–Crippen MR) is 98.4 cm³/mol. The molecule has 0 radical (unpaired) electrons. The molecule has 1 aromatic carbocycles. The molecule has 0 unspecified atom stereocenters. The van der Waals surface area contributed by atoms with E-state index in [2.05, 4.69) is 27.5 Å². The van der Waals surface area contributed by atoms with Crippen LogP contribution in [0.15, 0.2) is 30.3 Å². The summed E-state index contributed by atoms with van der Waals surface area (Å²) >= 11 is 0. The van der Waals surface area contributed by atoms with Crippen molar-refractivity contribution in [3.63, 3.8) is 0 Å². The second-order valence-electron chi connectivity index (χ2n) is 5.91. The van der Waals surface area contributed by atoms with E-state index in [4.69, 9.17) is 0 Å². The van der Waals surface area contributed by atoms with Gasteiger partial charge in [-0.25, -0.2) is 9.97 Å². The van der Waals surface area contributed by atoms with Crippen molar-refractivity contribution in [2.24, 2.45) is 0 Å². The summed E-state index contributed by atoms with van der Waals surface area (Å²) in [6.07, 6.45) is 3.15. The lowest BCUT2D eigenvalue weighted by Gasteiger charge is -2.10. The molecule has 0 aliphatic heterocycles. The Hall–Kier alpha value is -2.76. The van der Waals surface area contributed by atoms with E-state index in [9.17, 15) is 9.59 Å². The Kier molecular flexibility index (Phi) is 6.62. The second kappa shape index (κ2) is 8.92. The molecule has 6 heteroatoms. The number of unbranched alkanes of at least 4 members (excludes halogenated alkanes) is 2. The van der Waals surface area contributed by atoms with Gasteiger partial charge in [0.1, 0.15) is 17.3 Å². The number of nitrogens with one attached hydrogen (secondary N) is 2. The molecule has 25 heavy (non-hydrogen) atoms. The monoisotopic (exact) mass is 340 g/mol. The van der Waals surface area contributed by atoms with Gasteiger partial charge in [-0.1, -0.05) is 31.9 Å². The number of hydrogen-bond donors (Lipinski definition) is 2. The zero-order chi connectivity index (χ0) is 18.2. The maximum Gasteiger partial charge on any atom is 0.270 e. The number of Topliss-reactive ketones (excluding diaryl/α,β-unsaturated/α-hetero) is 1. The van der Waals surface area contributed by atoms with Gasteiger partial charge in [-0.05, 0) is 32.4 Å². The molecule has 0 aliphatic rings. The van der Waals surface area contributed by atoms with E-state index in [0.717, 1.165) is 24.9 Å². The zero-order valence-electron chi connectivity index (χ0n) is 14.9. The molecule has 0 bridgehead atoms. The van der Waals surface area contributed by atoms with Crippen LogP contribution < -0.4 is 10.6 Å². The third-order valence-electron chi connectivity index (χ3n) is 3.68. The molecular formula is C19H24N4O2. The van der Waals surface area contributed by atoms with Gasteiger partial charge < -0.3 is 10.6 Å². The van der Waals surface area contributed by atoms with E-state index in [-0.39, 0.29) is 11.7 Å². The molecule has 0 saturated heterocycles. The first-order chi connectivity index (χ1) is 12.0. The first kappa shape index (κ1) is 18.6. The lowest BCUT2D eigenvalue weighted by atomic mass is 10.1. The lowest BCUT2D eigenvalue weighted by molar-refractivity contribution is 0.0946. The topological polar surface area (TPSA) is 84.0 Å². The number of nitrogens with zero attached hydrogens (tertiary/aromatic N) is 2. The number of amides is 1. The standard InChI is InChI=1S/C19H24N4O2/c1-4-5-6-10-20-19(25)17-12-18(22-14(3)21-17)23-16-9-7-8-15(11-16)13(2)24/h7-9,11-12H,4-6,10H2,1-3H3,(H,20,25)(H,21,22,23). The van der Waals surface area contributed by atoms with Crippen LogP contribution in [0.3, 0.4) is 0 Å². The van der Waals surface area contributed by atoms with Gasteiger partial charge in [-0.3, -0.25) is 9.59 Å². The molecule has 0 spiro atoms. The number of hydrogen-bond acceptors (Lipinski definition) is 5. The maximum atomic E-state index is 12.2. The average Bonchev–Trinajstić information content (AvgIpc) is 2.58. The molecular weight excluding hydrogens is 316 g/mol. The van der Waals surface area contributed by atoms with Crippen LogP contribution in [0.1, 0.15) is 59.8 Å². The van der Waals surface area contributed by atoms with Gasteiger partial charge in [-0.15, -0.1) is 0 Å². The summed E-state index contributed by atoms with van der Waals surface area (Å²) in [5.41, 5.74) is 1.68. The highest BCUT2D eigenvalue weighted by atomic mass is 16.1. The molecule has 1 aromatic heterocycles. The Morgan fingerprint density at radius 1 is 1.12 bits per heavy atom. The first-order valence-corrected chi connectivity index (χ1v) is 8.51. The van der Waals surface area contributed by atoms with Crippen LogP contribution in [0.2, 0.25) is 0 Å². The Morgan fingerprint density at radius 2 is 1.92 bits per heavy atom. The number of rotatable bonds is 8. The molecule has 6 nitrogen and oxygen atoms in total. The number of ketones is 1. The fraction of sp³-hybridized carbons (Fsp3) is 0.368. The molecule has 0 aliphatic carbocycles. The van der Waals surface area contributed by atoms with E-state index in [1.165, 1.54) is 6.92 Å². The van der Waals surface area contributed by atoms with Crippen LogP contribution in [-0.4, -0.2) is 28.2 Å². The van der Waals surface area contributed by atoms with Crippen molar-refractivity contribution >= 4 is 23.2 Å². The highest BCUT2D eigenvalue weighted by molar-refractivity contribution is 5.95. The largest absolute Gasteiger partial charge is 0.351 e. The smallest absolute Gasteiger partial charge is 0.270 e. The van der Waals surface area contributed by atoms with Gasteiger partial charge in [-0.2, -0.15) is 0 Å². The summed E-state index contributed by atoms with van der Waals surface area (Å²) in [7, 11) is 0. The SMILES string of the molecule is CCCCCNC(=O)c1cc(Nc2cccc(C(C)=O)c2)nc(C)n1. The molecule has 1 heterocycles. The van der Waals surface area contributed by atoms with Gasteiger partial charge in [0.2, 0.25) is 0 Å². The summed E-state index contributed by atoms with van der Waals surface area (Å²) in [6.45, 7) is 6.02. The van der Waals surface area contributed by atoms with Gasteiger partial charge in [0.05, 0.1) is 0 Å². The van der Waals surface area contributed by atoms with Crippen molar-refractivity contribution in [1.82, 2.24) is 15.3 Å². The molecule has 2 N–H and O–H groups in total. The van der Waals surface area contributed by atoms with Crippen LogP contribution in [0.5, 0.6) is 0 Å². The number of anilines is 2. The number of benzene rings is 1. The second-order valence-corrected chi connectivity index (χ2v) is 5.91. The summed E-state index contributed by atoms with van der Waals surface area (Å²) in [6, 6.07) is 8.77. The van der Waals surface area contributed by atoms with Crippen molar-refractivity contribution in [2.75, 3.05) is 11.9 Å². The van der Waals surface area contributed by atoms with Crippen molar-refractivity contribution in [1.29, 1.82) is 0 Å². The minimum Gasteiger partial charge on any atom is -0.351 e. The van der Waals surface area contributed by atoms with Gasteiger partial charge >= 0.3 is 0 Å². The number of aromatic nitrogens is 2. The Morgan fingerprint density at radius 3 is 2.64 bits per heavy atom. The summed E-state index contributed by atoms with van der Waals surface area (Å²) in [5.74, 6) is 0.815. The van der Waals surface area contributed by atoms with Crippen LogP contribution in [0.4, 0.5) is 11.5 Å². The molecule has 0 fully saturated rings. The third-order valence-corrected chi connectivity index (χ3v) is 3.68. The van der Waals surface area contributed by atoms with Gasteiger partial charge in [0.25, 0.3) is 5.91 Å². The molecule has 2 rings (SSSR count). The summed E-state index contributed by atoms with van der Waals surface area (Å²) in [4.78, 5) is 32.2. The Labute approximate surface area is 148 Å². The number of carbonyl (C=O) groups excluding carboxylic acids is 2. The normalized spacial score (nSPS) is 10.4. The molecule has 132 valence electrons. The van der Waals surface area contributed by atoms with Crippen LogP contribution in [-0.2, 0) is 0 Å². The third kappa shape index (κ3) is 5.67. The van der Waals surface area contributed by atoms with E-state index >= 15 is 0 Å². The zero-order valence-corrected chi connectivity index (χ0v) is 14.9. The van der Waals surface area contributed by atoms with Crippen molar-refractivity contribution in [2.45, 2.75) is 40.0 Å². The fourth-order valence-electron chi connectivity index (χ4n) is 2.38. The van der Waals surface area contributed by atoms with Crippen LogP contribution in [0.25, 0.3) is 0 Å². The fourth-order valence-corrected chi connectivity index (χ4v) is 2.38. The highest BCUT2D eigenvalue weighted by Gasteiger charge is 2.10. The van der Waals surface area contributed by atoms with Crippen molar-refractivity contribution in [3.05, 3.63) is 47.4 Å². The summed E-state index contributed by atoms with van der Waals surface area (Å²) in [5, 5.41) is 6.00. The minimum absolute atomic E-state index is 0.00494. The highest BCUT2D eigenvalue weighted by Crippen LogP contribution is 2.17. The molecule has 0 atom stereocenters. The summed E-state index contributed by atoms with van der Waals surface area (Å²) < 4.78 is 0. The quantitative estimate of drug-likeness (QED) is 0.566. The van der Waals surface area contributed by atoms with Crippen molar-refractivity contribution < 1.29 is 9.59 Å². The Bertz CT molecular complexity index is 759. The van der Waals surface area contributed by atoms with Crippen molar-refractivity contribution in [3.8, 4) is 0 Å². The predicted octanol–water partition coefficient (Wildman–Crippen LogP) is 3.65. The maximum absolute atomic E-state index is 12.2. The van der Waals surface area contributed by atoms with E-state index in [1.54, 1.807) is 31.2 Å². The van der Waals surface area contributed by atoms with Crippen LogP contribution >= 0.6 is 0 Å². The van der Waals surface area contributed by atoms with E-state index in [0.29, 0.717) is 29.4 Å². The van der Waals surface area contributed by atoms with Gasteiger partial charge in [0.15, 0.2) is 5.78 Å². The first-order valence-electron chi connectivity index (χ1n) is 8.51. The Balaban J connectivity index is 2.11. The molecule has 0 saturated carbocycles. The van der Waals surface area contributed by atoms with E-state index < -0.39 is 0 Å². The molecule has 1 amide bonds. The number of carbonyl (C=O) groups is 2. The number of aryl methyl sites for hydroxylation is 1. The van der Waals surface area contributed by atoms with E-state index in [1.807, 2.05) is 6.07 Å². The van der Waals surface area contributed by atoms with Crippen LogP contribution in [0, 0.1) is 6.92 Å². The minimum atomic E-state index is -0.206.